The van der Waals surface area contributed by atoms with Crippen LogP contribution in [0.3, 0.4) is 0 Å². The molecule has 1 unspecified atom stereocenters. The fourth-order valence-electron chi connectivity index (χ4n) is 3.74. The van der Waals surface area contributed by atoms with Crippen LogP contribution in [0, 0.1) is 17.2 Å². The van der Waals surface area contributed by atoms with Crippen molar-refractivity contribution < 1.29 is 9.84 Å². The first-order valence-corrected chi connectivity index (χ1v) is 11.3. The Bertz CT molecular complexity index is 1270. The highest BCUT2D eigenvalue weighted by molar-refractivity contribution is 9.10. The summed E-state index contributed by atoms with van der Waals surface area (Å²) in [6, 6.07) is 5.45. The lowest BCUT2D eigenvalue weighted by Gasteiger charge is -2.17. The van der Waals surface area contributed by atoms with Crippen molar-refractivity contribution in [3.8, 4) is 17.6 Å². The Morgan fingerprint density at radius 3 is 3.07 bits per heavy atom. The summed E-state index contributed by atoms with van der Waals surface area (Å²) in [4.78, 5) is 22.1. The Labute approximate surface area is 186 Å². The van der Waals surface area contributed by atoms with Gasteiger partial charge in [0.15, 0.2) is 17.3 Å². The van der Waals surface area contributed by atoms with E-state index in [9.17, 15) is 15.2 Å². The molecule has 0 amide bonds. The maximum atomic E-state index is 12.8. The van der Waals surface area contributed by atoms with Gasteiger partial charge in [-0.05, 0) is 77.4 Å². The highest BCUT2D eigenvalue weighted by Crippen LogP contribution is 2.37. The SMILES string of the molecule is CCOc1cc(/C=C(\C#N)c2nc3sc4c(c3c(=O)[nH]2)CCC(C)C4)cc(Br)c1O. The molecule has 1 atom stereocenters. The zero-order chi connectivity index (χ0) is 21.4. The van der Waals surface area contributed by atoms with Crippen molar-refractivity contribution in [2.24, 2.45) is 5.92 Å². The van der Waals surface area contributed by atoms with Gasteiger partial charge in [-0.15, -0.1) is 11.3 Å². The molecule has 4 rings (SSSR count). The number of ether oxygens (including phenoxy) is 1. The lowest BCUT2D eigenvalue weighted by atomic mass is 9.89. The topological polar surface area (TPSA) is 99.0 Å². The number of rotatable bonds is 4. The summed E-state index contributed by atoms with van der Waals surface area (Å²) in [5, 5.41) is 20.5. The van der Waals surface area contributed by atoms with Crippen molar-refractivity contribution in [2.45, 2.75) is 33.1 Å². The van der Waals surface area contributed by atoms with Gasteiger partial charge < -0.3 is 14.8 Å². The number of phenolic OH excluding ortho intramolecular Hbond substituents is 1. The number of nitriles is 1. The Kier molecular flexibility index (Phi) is 5.67. The summed E-state index contributed by atoms with van der Waals surface area (Å²) in [5.74, 6) is 1.15. The van der Waals surface area contributed by atoms with Crippen LogP contribution in [0.1, 0.15) is 42.1 Å². The van der Waals surface area contributed by atoms with E-state index in [1.54, 1.807) is 29.5 Å². The van der Waals surface area contributed by atoms with Crippen LogP contribution in [0.5, 0.6) is 11.5 Å². The first-order chi connectivity index (χ1) is 14.4. The molecule has 30 heavy (non-hydrogen) atoms. The average Bonchev–Trinajstić information content (AvgIpc) is 3.07. The van der Waals surface area contributed by atoms with Gasteiger partial charge in [0.2, 0.25) is 0 Å². The summed E-state index contributed by atoms with van der Waals surface area (Å²) in [7, 11) is 0. The van der Waals surface area contributed by atoms with Gasteiger partial charge in [-0.25, -0.2) is 4.98 Å². The third-order valence-electron chi connectivity index (χ3n) is 5.20. The third kappa shape index (κ3) is 3.75. The second-order valence-electron chi connectivity index (χ2n) is 7.40. The van der Waals surface area contributed by atoms with Crippen LogP contribution in [0.25, 0.3) is 21.9 Å². The van der Waals surface area contributed by atoms with Gasteiger partial charge in [-0.3, -0.25) is 4.79 Å². The number of aromatic nitrogens is 2. The van der Waals surface area contributed by atoms with Gasteiger partial charge in [0.1, 0.15) is 10.9 Å². The van der Waals surface area contributed by atoms with E-state index in [-0.39, 0.29) is 22.7 Å². The van der Waals surface area contributed by atoms with Crippen LogP contribution in [0.4, 0.5) is 0 Å². The van der Waals surface area contributed by atoms with Gasteiger partial charge in [0.05, 0.1) is 22.0 Å². The number of halogens is 1. The molecule has 154 valence electrons. The van der Waals surface area contributed by atoms with Gasteiger partial charge >= 0.3 is 0 Å². The van der Waals surface area contributed by atoms with Crippen LogP contribution in [0.15, 0.2) is 21.4 Å². The minimum Gasteiger partial charge on any atom is -0.503 e. The van der Waals surface area contributed by atoms with Crippen molar-refractivity contribution in [2.75, 3.05) is 6.61 Å². The Morgan fingerprint density at radius 2 is 2.33 bits per heavy atom. The van der Waals surface area contributed by atoms with Crippen molar-refractivity contribution in [1.29, 1.82) is 5.26 Å². The lowest BCUT2D eigenvalue weighted by molar-refractivity contribution is 0.317. The first kappa shape index (κ1) is 20.6. The molecule has 0 saturated carbocycles. The minimum absolute atomic E-state index is 0.00106. The summed E-state index contributed by atoms with van der Waals surface area (Å²) in [6.45, 7) is 4.44. The van der Waals surface area contributed by atoms with E-state index in [1.165, 1.54) is 4.88 Å². The highest BCUT2D eigenvalue weighted by Gasteiger charge is 2.23. The quantitative estimate of drug-likeness (QED) is 0.504. The maximum absolute atomic E-state index is 12.8. The van der Waals surface area contributed by atoms with Gasteiger partial charge in [0, 0.05) is 4.88 Å². The van der Waals surface area contributed by atoms with E-state index >= 15 is 0 Å². The Hall–Kier alpha value is -2.63. The number of nitrogens with one attached hydrogen (secondary N) is 1. The van der Waals surface area contributed by atoms with E-state index in [1.807, 2.05) is 6.92 Å². The molecule has 0 fully saturated rings. The molecule has 0 spiro atoms. The zero-order valence-corrected chi connectivity index (χ0v) is 19.0. The molecule has 1 aliphatic rings. The minimum atomic E-state index is -0.204. The van der Waals surface area contributed by atoms with Gasteiger partial charge in [0.25, 0.3) is 5.56 Å². The number of aryl methyl sites for hydroxylation is 1. The van der Waals surface area contributed by atoms with Crippen molar-refractivity contribution >= 4 is 49.1 Å². The lowest BCUT2D eigenvalue weighted by Crippen LogP contribution is -2.14. The number of aromatic amines is 1. The van der Waals surface area contributed by atoms with Crippen molar-refractivity contribution in [1.82, 2.24) is 9.97 Å². The number of fused-ring (bicyclic) bond motifs is 3. The predicted molar refractivity (Wildman–Crippen MR) is 122 cm³/mol. The molecule has 0 aliphatic heterocycles. The molecule has 1 aliphatic carbocycles. The fraction of sp³-hybridized carbons (Fsp3) is 0.318. The molecule has 0 bridgehead atoms. The number of hydrogen-bond acceptors (Lipinski definition) is 6. The maximum Gasteiger partial charge on any atom is 0.260 e. The number of aromatic hydroxyl groups is 1. The van der Waals surface area contributed by atoms with Crippen LogP contribution < -0.4 is 10.3 Å². The highest BCUT2D eigenvalue weighted by atomic mass is 79.9. The summed E-state index contributed by atoms with van der Waals surface area (Å²) >= 11 is 4.85. The van der Waals surface area contributed by atoms with Crippen molar-refractivity contribution in [3.63, 3.8) is 0 Å². The number of nitrogens with zero attached hydrogens (tertiary/aromatic N) is 2. The van der Waals surface area contributed by atoms with E-state index < -0.39 is 0 Å². The molecular formula is C22H20BrN3O3S. The smallest absolute Gasteiger partial charge is 0.260 e. The molecule has 2 aromatic heterocycles. The number of allylic oxidation sites excluding steroid dienone is 1. The molecule has 8 heteroatoms. The molecule has 2 heterocycles. The monoisotopic (exact) mass is 485 g/mol. The standard InChI is InChI=1S/C22H20BrN3O3S/c1-3-29-16-9-12(8-15(23)19(16)27)7-13(10-24)20-25-21(28)18-14-5-4-11(2)6-17(14)30-22(18)26-20/h7-9,11,27H,3-6H2,1-2H3,(H,25,26,28)/b13-7+. The number of phenols is 1. The molecule has 0 saturated heterocycles. The van der Waals surface area contributed by atoms with Gasteiger partial charge in [-0.1, -0.05) is 6.92 Å². The van der Waals surface area contributed by atoms with Gasteiger partial charge in [-0.2, -0.15) is 5.26 Å². The van der Waals surface area contributed by atoms with Crippen molar-refractivity contribution in [3.05, 3.63) is 48.8 Å². The normalized spacial score (nSPS) is 16.3. The Balaban J connectivity index is 1.81. The van der Waals surface area contributed by atoms with Crippen LogP contribution in [-0.2, 0) is 12.8 Å². The van der Waals surface area contributed by atoms with Crippen LogP contribution in [-0.4, -0.2) is 21.7 Å². The summed E-state index contributed by atoms with van der Waals surface area (Å²) in [6.07, 6.45) is 4.55. The Morgan fingerprint density at radius 1 is 1.53 bits per heavy atom. The molecule has 0 radical (unpaired) electrons. The third-order valence-corrected chi connectivity index (χ3v) is 6.96. The summed E-state index contributed by atoms with van der Waals surface area (Å²) in [5.41, 5.74) is 1.78. The first-order valence-electron chi connectivity index (χ1n) is 9.73. The number of H-pyrrole nitrogens is 1. The predicted octanol–water partition coefficient (Wildman–Crippen LogP) is 5.04. The van der Waals surface area contributed by atoms with E-state index in [4.69, 9.17) is 4.74 Å². The molecule has 2 N–H and O–H groups in total. The fourth-order valence-corrected chi connectivity index (χ4v) is 5.58. The summed E-state index contributed by atoms with van der Waals surface area (Å²) < 4.78 is 5.90. The van der Waals surface area contributed by atoms with E-state index in [2.05, 4.69) is 38.9 Å². The number of hydrogen-bond donors (Lipinski definition) is 2. The second-order valence-corrected chi connectivity index (χ2v) is 9.34. The average molecular weight is 486 g/mol. The number of thiophene rings is 1. The number of benzene rings is 1. The molecule has 1 aromatic carbocycles. The molecule has 3 aromatic rings. The van der Waals surface area contributed by atoms with E-state index in [0.717, 1.165) is 24.8 Å². The molecular weight excluding hydrogens is 466 g/mol. The van der Waals surface area contributed by atoms with E-state index in [0.29, 0.717) is 38.5 Å². The van der Waals surface area contributed by atoms with Crippen LogP contribution in [0.2, 0.25) is 0 Å². The largest absolute Gasteiger partial charge is 0.503 e. The van der Waals surface area contributed by atoms with Crippen LogP contribution >= 0.6 is 27.3 Å². The zero-order valence-electron chi connectivity index (χ0n) is 16.6. The second kappa shape index (κ2) is 8.25. The molecule has 6 nitrogen and oxygen atoms in total.